The second-order valence-electron chi connectivity index (χ2n) is 5.30. The molecular weight excluding hydrogens is 364 g/mol. The van der Waals surface area contributed by atoms with Crippen molar-refractivity contribution < 1.29 is 17.9 Å². The van der Waals surface area contributed by atoms with E-state index in [9.17, 15) is 13.2 Å². The molecule has 0 aliphatic heterocycles. The van der Waals surface area contributed by atoms with E-state index in [4.69, 9.17) is 16.3 Å². The number of aryl methyl sites for hydroxylation is 1. The summed E-state index contributed by atoms with van der Waals surface area (Å²) in [6.45, 7) is 2.09. The van der Waals surface area contributed by atoms with Gasteiger partial charge in [0.25, 0.3) is 5.91 Å². The second-order valence-corrected chi connectivity index (χ2v) is 7.50. The van der Waals surface area contributed by atoms with Crippen LogP contribution >= 0.6 is 11.6 Å². The highest BCUT2D eigenvalue weighted by Gasteiger charge is 2.14. The van der Waals surface area contributed by atoms with Gasteiger partial charge in [0.15, 0.2) is 0 Å². The predicted octanol–water partition coefficient (Wildman–Crippen LogP) is 2.37. The van der Waals surface area contributed by atoms with Crippen LogP contribution in [0.3, 0.4) is 0 Å². The quantitative estimate of drug-likeness (QED) is 0.720. The standard InChI is InChI=1S/C17H19ClN2O4S/c1-12-6-7-13(10-16(12)24-2)17(21)19-8-9-20-25(22,23)15-5-3-4-14(18)11-15/h3-7,10-11,20H,8-9H2,1-2H3,(H,19,21). The van der Waals surface area contributed by atoms with Crippen LogP contribution in [0, 0.1) is 6.92 Å². The number of benzene rings is 2. The van der Waals surface area contributed by atoms with Crippen LogP contribution in [-0.4, -0.2) is 34.5 Å². The van der Waals surface area contributed by atoms with E-state index in [1.165, 1.54) is 19.2 Å². The highest BCUT2D eigenvalue weighted by atomic mass is 35.5. The minimum absolute atomic E-state index is 0.0591. The Bertz CT molecular complexity index is 869. The van der Waals surface area contributed by atoms with Gasteiger partial charge in [-0.3, -0.25) is 4.79 Å². The van der Waals surface area contributed by atoms with Crippen molar-refractivity contribution in [3.8, 4) is 5.75 Å². The smallest absolute Gasteiger partial charge is 0.251 e. The van der Waals surface area contributed by atoms with Crippen LogP contribution < -0.4 is 14.8 Å². The van der Waals surface area contributed by atoms with Gasteiger partial charge in [0, 0.05) is 23.7 Å². The molecule has 0 fully saturated rings. The molecule has 0 unspecified atom stereocenters. The number of sulfonamides is 1. The fourth-order valence-corrected chi connectivity index (χ4v) is 3.47. The summed E-state index contributed by atoms with van der Waals surface area (Å²) in [7, 11) is -2.13. The molecule has 2 N–H and O–H groups in total. The molecule has 0 heterocycles. The van der Waals surface area contributed by atoms with Crippen molar-refractivity contribution in [1.82, 2.24) is 10.0 Å². The minimum atomic E-state index is -3.67. The van der Waals surface area contributed by atoms with Gasteiger partial charge in [0.05, 0.1) is 12.0 Å². The molecule has 0 aliphatic carbocycles. The third-order valence-corrected chi connectivity index (χ3v) is 5.17. The SMILES string of the molecule is COc1cc(C(=O)NCCNS(=O)(=O)c2cccc(Cl)c2)ccc1C. The summed E-state index contributed by atoms with van der Waals surface area (Å²) in [5.41, 5.74) is 1.37. The molecule has 0 atom stereocenters. The Labute approximate surface area is 152 Å². The lowest BCUT2D eigenvalue weighted by Crippen LogP contribution is -2.34. The average molecular weight is 383 g/mol. The third kappa shape index (κ3) is 5.19. The van der Waals surface area contributed by atoms with Crippen LogP contribution in [0.2, 0.25) is 5.02 Å². The van der Waals surface area contributed by atoms with E-state index in [0.717, 1.165) is 5.56 Å². The van der Waals surface area contributed by atoms with Gasteiger partial charge in [0.1, 0.15) is 5.75 Å². The first-order valence-electron chi connectivity index (χ1n) is 7.51. The van der Waals surface area contributed by atoms with Gasteiger partial charge >= 0.3 is 0 Å². The van der Waals surface area contributed by atoms with Crippen molar-refractivity contribution >= 4 is 27.5 Å². The maximum absolute atomic E-state index is 12.1. The van der Waals surface area contributed by atoms with E-state index in [0.29, 0.717) is 16.3 Å². The topological polar surface area (TPSA) is 84.5 Å². The number of nitrogens with one attached hydrogen (secondary N) is 2. The van der Waals surface area contributed by atoms with Gasteiger partial charge in [-0.15, -0.1) is 0 Å². The molecule has 0 radical (unpaired) electrons. The Morgan fingerprint density at radius 3 is 2.60 bits per heavy atom. The summed E-state index contributed by atoms with van der Waals surface area (Å²) >= 11 is 5.80. The molecule has 2 aromatic rings. The zero-order valence-corrected chi connectivity index (χ0v) is 15.4. The third-order valence-electron chi connectivity index (χ3n) is 3.48. The lowest BCUT2D eigenvalue weighted by Gasteiger charge is -2.10. The average Bonchev–Trinajstić information content (AvgIpc) is 2.59. The van der Waals surface area contributed by atoms with Crippen molar-refractivity contribution in [2.45, 2.75) is 11.8 Å². The molecule has 2 rings (SSSR count). The fourth-order valence-electron chi connectivity index (χ4n) is 2.14. The van der Waals surface area contributed by atoms with Crippen LogP contribution in [0.15, 0.2) is 47.4 Å². The predicted molar refractivity (Wildman–Crippen MR) is 96.7 cm³/mol. The lowest BCUT2D eigenvalue weighted by molar-refractivity contribution is 0.0954. The summed E-state index contributed by atoms with van der Waals surface area (Å²) in [6.07, 6.45) is 0. The summed E-state index contributed by atoms with van der Waals surface area (Å²) in [4.78, 5) is 12.2. The Morgan fingerprint density at radius 1 is 1.16 bits per heavy atom. The molecule has 1 amide bonds. The van der Waals surface area contributed by atoms with Gasteiger partial charge in [-0.2, -0.15) is 0 Å². The Morgan fingerprint density at radius 2 is 1.92 bits per heavy atom. The first-order valence-corrected chi connectivity index (χ1v) is 9.37. The minimum Gasteiger partial charge on any atom is -0.496 e. The number of rotatable bonds is 7. The molecule has 0 aliphatic rings. The maximum Gasteiger partial charge on any atom is 0.251 e. The number of carbonyl (C=O) groups excluding carboxylic acids is 1. The van der Waals surface area contributed by atoms with E-state index in [1.807, 2.05) is 6.92 Å². The van der Waals surface area contributed by atoms with Gasteiger partial charge in [0.2, 0.25) is 10.0 Å². The van der Waals surface area contributed by atoms with Crippen LogP contribution in [0.5, 0.6) is 5.75 Å². The first-order chi connectivity index (χ1) is 11.8. The maximum atomic E-state index is 12.1. The van der Waals surface area contributed by atoms with Gasteiger partial charge in [-0.05, 0) is 42.8 Å². The van der Waals surface area contributed by atoms with Gasteiger partial charge < -0.3 is 10.1 Å². The Hall–Kier alpha value is -2.09. The van der Waals surface area contributed by atoms with E-state index in [-0.39, 0.29) is 23.9 Å². The number of ether oxygens (including phenoxy) is 1. The summed E-state index contributed by atoms with van der Waals surface area (Å²) in [5.74, 6) is 0.314. The molecule has 134 valence electrons. The summed E-state index contributed by atoms with van der Waals surface area (Å²) < 4.78 is 31.8. The molecule has 2 aromatic carbocycles. The Kier molecular flexibility index (Phi) is 6.41. The highest BCUT2D eigenvalue weighted by molar-refractivity contribution is 7.89. The van der Waals surface area contributed by atoms with Crippen LogP contribution in [0.1, 0.15) is 15.9 Å². The fraction of sp³-hybridized carbons (Fsp3) is 0.235. The molecule has 8 heteroatoms. The van der Waals surface area contributed by atoms with E-state index in [1.54, 1.807) is 30.3 Å². The second kappa shape index (κ2) is 8.33. The number of carbonyl (C=O) groups is 1. The number of amides is 1. The zero-order chi connectivity index (χ0) is 18.4. The van der Waals surface area contributed by atoms with E-state index >= 15 is 0 Å². The van der Waals surface area contributed by atoms with Crippen molar-refractivity contribution in [3.63, 3.8) is 0 Å². The molecule has 0 spiro atoms. The van der Waals surface area contributed by atoms with E-state index in [2.05, 4.69) is 10.0 Å². The number of methoxy groups -OCH3 is 1. The molecule has 0 saturated carbocycles. The van der Waals surface area contributed by atoms with Crippen LogP contribution in [0.4, 0.5) is 0 Å². The van der Waals surface area contributed by atoms with Crippen molar-refractivity contribution in [3.05, 3.63) is 58.6 Å². The number of hydrogen-bond donors (Lipinski definition) is 2. The summed E-state index contributed by atoms with van der Waals surface area (Å²) in [5, 5.41) is 3.00. The molecule has 0 bridgehead atoms. The molecular formula is C17H19ClN2O4S. The normalized spacial score (nSPS) is 11.2. The Balaban J connectivity index is 1.89. The van der Waals surface area contributed by atoms with Crippen molar-refractivity contribution in [2.24, 2.45) is 0 Å². The van der Waals surface area contributed by atoms with Crippen LogP contribution in [0.25, 0.3) is 0 Å². The largest absolute Gasteiger partial charge is 0.496 e. The number of halogens is 1. The first kappa shape index (κ1) is 19.2. The molecule has 25 heavy (non-hydrogen) atoms. The van der Waals surface area contributed by atoms with Gasteiger partial charge in [-0.25, -0.2) is 13.1 Å². The van der Waals surface area contributed by atoms with Gasteiger partial charge in [-0.1, -0.05) is 23.7 Å². The van der Waals surface area contributed by atoms with E-state index < -0.39 is 10.0 Å². The monoisotopic (exact) mass is 382 g/mol. The highest BCUT2D eigenvalue weighted by Crippen LogP contribution is 2.18. The zero-order valence-electron chi connectivity index (χ0n) is 13.9. The lowest BCUT2D eigenvalue weighted by atomic mass is 10.1. The number of hydrogen-bond acceptors (Lipinski definition) is 4. The molecule has 6 nitrogen and oxygen atoms in total. The van der Waals surface area contributed by atoms with Crippen LogP contribution in [-0.2, 0) is 10.0 Å². The van der Waals surface area contributed by atoms with Crippen molar-refractivity contribution in [2.75, 3.05) is 20.2 Å². The molecule has 0 aromatic heterocycles. The summed E-state index contributed by atoms with van der Waals surface area (Å²) in [6, 6.07) is 11.1. The van der Waals surface area contributed by atoms with Crippen molar-refractivity contribution in [1.29, 1.82) is 0 Å². The molecule has 0 saturated heterocycles.